The van der Waals surface area contributed by atoms with Crippen LogP contribution in [0.5, 0.6) is 0 Å². The van der Waals surface area contributed by atoms with E-state index in [0.29, 0.717) is 12.1 Å². The number of likely N-dealkylation sites (N-methyl/N-ethyl adjacent to an activating group) is 1. The monoisotopic (exact) mass is 265 g/mol. The van der Waals surface area contributed by atoms with Gasteiger partial charge in [-0.2, -0.15) is 0 Å². The summed E-state index contributed by atoms with van der Waals surface area (Å²) in [5.41, 5.74) is -0.300. The lowest BCUT2D eigenvalue weighted by atomic mass is 10.1. The van der Waals surface area contributed by atoms with Gasteiger partial charge in [0, 0.05) is 19.2 Å². The molecule has 0 radical (unpaired) electrons. The zero-order valence-electron chi connectivity index (χ0n) is 11.6. The van der Waals surface area contributed by atoms with E-state index in [1.807, 2.05) is 6.92 Å². The van der Waals surface area contributed by atoms with E-state index in [4.69, 9.17) is 0 Å². The summed E-state index contributed by atoms with van der Waals surface area (Å²) in [6, 6.07) is 6.02. The summed E-state index contributed by atoms with van der Waals surface area (Å²) in [4.78, 5) is 13.5. The van der Waals surface area contributed by atoms with Crippen molar-refractivity contribution in [2.45, 2.75) is 26.4 Å². The van der Waals surface area contributed by atoms with Gasteiger partial charge in [0.1, 0.15) is 5.82 Å². The molecule has 0 saturated heterocycles. The Hall–Kier alpha value is -1.68. The largest absolute Gasteiger partial charge is 0.389 e. The molecule has 1 N–H and O–H groups in total. The van der Waals surface area contributed by atoms with Crippen molar-refractivity contribution in [2.75, 3.05) is 13.1 Å². The average molecular weight is 265 g/mol. The number of hydrogen-bond donors (Lipinski definition) is 1. The van der Waals surface area contributed by atoms with Crippen molar-refractivity contribution < 1.29 is 14.3 Å². The van der Waals surface area contributed by atoms with Crippen LogP contribution in [0.1, 0.15) is 26.3 Å². The Morgan fingerprint density at radius 3 is 2.68 bits per heavy atom. The molecule has 4 heteroatoms. The predicted octanol–water partition coefficient (Wildman–Crippen LogP) is 2.46. The second kappa shape index (κ2) is 6.48. The van der Waals surface area contributed by atoms with Gasteiger partial charge in [-0.3, -0.25) is 4.79 Å². The second-order valence-corrected chi connectivity index (χ2v) is 5.05. The molecule has 104 valence electrons. The number of nitrogens with zero attached hydrogens (tertiary/aromatic N) is 1. The summed E-state index contributed by atoms with van der Waals surface area (Å²) in [7, 11) is 0. The van der Waals surface area contributed by atoms with Gasteiger partial charge >= 0.3 is 0 Å². The molecule has 0 aliphatic carbocycles. The minimum atomic E-state index is -0.932. The normalized spacial score (nSPS) is 11.8. The van der Waals surface area contributed by atoms with Crippen molar-refractivity contribution in [3.8, 4) is 0 Å². The lowest BCUT2D eigenvalue weighted by Crippen LogP contribution is -2.41. The van der Waals surface area contributed by atoms with Gasteiger partial charge in [0.05, 0.1) is 5.60 Å². The molecule has 0 fully saturated rings. The molecule has 0 unspecified atom stereocenters. The molecular formula is C15H20FNO2. The minimum absolute atomic E-state index is 0.200. The highest BCUT2D eigenvalue weighted by Gasteiger charge is 2.19. The molecule has 0 atom stereocenters. The third-order valence-corrected chi connectivity index (χ3v) is 2.54. The molecule has 0 aliphatic heterocycles. The molecule has 3 nitrogen and oxygen atoms in total. The van der Waals surface area contributed by atoms with Crippen molar-refractivity contribution in [2.24, 2.45) is 0 Å². The van der Waals surface area contributed by atoms with Crippen molar-refractivity contribution in [3.63, 3.8) is 0 Å². The van der Waals surface area contributed by atoms with Crippen LogP contribution in [0.2, 0.25) is 0 Å². The Morgan fingerprint density at radius 1 is 1.47 bits per heavy atom. The number of carbonyl (C=O) groups is 1. The number of amides is 1. The zero-order valence-corrected chi connectivity index (χ0v) is 11.6. The molecule has 0 saturated carbocycles. The summed E-state index contributed by atoms with van der Waals surface area (Å²) < 4.78 is 13.0. The number of benzene rings is 1. The van der Waals surface area contributed by atoms with Crippen molar-refractivity contribution >= 4 is 12.0 Å². The quantitative estimate of drug-likeness (QED) is 0.831. The van der Waals surface area contributed by atoms with Crippen LogP contribution in [-0.2, 0) is 4.79 Å². The van der Waals surface area contributed by atoms with Crippen LogP contribution in [0.15, 0.2) is 30.3 Å². The van der Waals surface area contributed by atoms with E-state index in [1.54, 1.807) is 32.1 Å². The van der Waals surface area contributed by atoms with Crippen LogP contribution in [0, 0.1) is 5.82 Å². The van der Waals surface area contributed by atoms with Gasteiger partial charge in [-0.1, -0.05) is 12.1 Å². The summed E-state index contributed by atoms with van der Waals surface area (Å²) in [5, 5.41) is 9.72. The first-order valence-electron chi connectivity index (χ1n) is 6.27. The molecule has 1 rings (SSSR count). The molecule has 0 heterocycles. The molecule has 0 spiro atoms. The van der Waals surface area contributed by atoms with E-state index in [9.17, 15) is 14.3 Å². The summed E-state index contributed by atoms with van der Waals surface area (Å²) in [6.45, 7) is 5.92. The Kier molecular flexibility index (Phi) is 5.24. The Balaban J connectivity index is 2.72. The van der Waals surface area contributed by atoms with Crippen LogP contribution in [0.3, 0.4) is 0 Å². The molecule has 19 heavy (non-hydrogen) atoms. The van der Waals surface area contributed by atoms with Crippen LogP contribution in [0.25, 0.3) is 6.08 Å². The molecular weight excluding hydrogens is 245 g/mol. The van der Waals surface area contributed by atoms with E-state index in [1.165, 1.54) is 23.1 Å². The summed E-state index contributed by atoms with van der Waals surface area (Å²) in [6.07, 6.45) is 2.96. The van der Waals surface area contributed by atoms with E-state index in [0.717, 1.165) is 0 Å². The molecule has 0 bridgehead atoms. The lowest BCUT2D eigenvalue weighted by Gasteiger charge is -2.27. The first-order chi connectivity index (χ1) is 8.81. The fraction of sp³-hybridized carbons (Fsp3) is 0.400. The number of aliphatic hydroxyl groups is 1. The van der Waals surface area contributed by atoms with E-state index in [-0.39, 0.29) is 18.3 Å². The maximum atomic E-state index is 13.0. The minimum Gasteiger partial charge on any atom is -0.389 e. The van der Waals surface area contributed by atoms with Gasteiger partial charge in [-0.15, -0.1) is 0 Å². The summed E-state index contributed by atoms with van der Waals surface area (Å²) in [5.74, 6) is -0.535. The number of rotatable bonds is 5. The van der Waals surface area contributed by atoms with Crippen LogP contribution < -0.4 is 0 Å². The average Bonchev–Trinajstić information content (AvgIpc) is 2.32. The predicted molar refractivity (Wildman–Crippen MR) is 74.0 cm³/mol. The Bertz CT molecular complexity index is 463. The molecule has 0 aliphatic rings. The molecule has 1 aromatic carbocycles. The third kappa shape index (κ3) is 5.66. The highest BCUT2D eigenvalue weighted by atomic mass is 19.1. The molecule has 0 aromatic heterocycles. The third-order valence-electron chi connectivity index (χ3n) is 2.54. The van der Waals surface area contributed by atoms with Gasteiger partial charge in [-0.05, 0) is 44.5 Å². The van der Waals surface area contributed by atoms with Gasteiger partial charge in [-0.25, -0.2) is 4.39 Å². The van der Waals surface area contributed by atoms with E-state index in [2.05, 4.69) is 0 Å². The van der Waals surface area contributed by atoms with Crippen LogP contribution in [-0.4, -0.2) is 34.6 Å². The second-order valence-electron chi connectivity index (χ2n) is 5.05. The fourth-order valence-corrected chi connectivity index (χ4v) is 1.70. The van der Waals surface area contributed by atoms with Gasteiger partial charge in [0.2, 0.25) is 5.91 Å². The van der Waals surface area contributed by atoms with Gasteiger partial charge in [0.15, 0.2) is 0 Å². The number of halogens is 1. The Labute approximate surface area is 113 Å². The first kappa shape index (κ1) is 15.4. The standard InChI is InChI=1S/C15H20FNO2/c1-4-17(11-15(2,3)19)14(18)9-8-12-6-5-7-13(16)10-12/h5-10,19H,4,11H2,1-3H3. The van der Waals surface area contributed by atoms with E-state index >= 15 is 0 Å². The highest BCUT2D eigenvalue weighted by molar-refractivity contribution is 5.91. The summed E-state index contributed by atoms with van der Waals surface area (Å²) >= 11 is 0. The number of carbonyl (C=O) groups excluding carboxylic acids is 1. The topological polar surface area (TPSA) is 40.5 Å². The molecule has 1 aromatic rings. The maximum absolute atomic E-state index is 13.0. The Morgan fingerprint density at radius 2 is 2.16 bits per heavy atom. The van der Waals surface area contributed by atoms with Crippen molar-refractivity contribution in [1.29, 1.82) is 0 Å². The van der Waals surface area contributed by atoms with Crippen LogP contribution >= 0.6 is 0 Å². The highest BCUT2D eigenvalue weighted by Crippen LogP contribution is 2.08. The van der Waals surface area contributed by atoms with Gasteiger partial charge in [0.25, 0.3) is 0 Å². The SMILES string of the molecule is CCN(CC(C)(C)O)C(=O)C=Cc1cccc(F)c1. The van der Waals surface area contributed by atoms with Crippen molar-refractivity contribution in [1.82, 2.24) is 4.90 Å². The zero-order chi connectivity index (χ0) is 14.5. The number of hydrogen-bond acceptors (Lipinski definition) is 2. The molecule has 1 amide bonds. The lowest BCUT2D eigenvalue weighted by molar-refractivity contribution is -0.128. The smallest absolute Gasteiger partial charge is 0.246 e. The first-order valence-corrected chi connectivity index (χ1v) is 6.27. The van der Waals surface area contributed by atoms with Gasteiger partial charge < -0.3 is 10.0 Å². The fourth-order valence-electron chi connectivity index (χ4n) is 1.70. The van der Waals surface area contributed by atoms with Crippen molar-refractivity contribution in [3.05, 3.63) is 41.7 Å². The van der Waals surface area contributed by atoms with Crippen LogP contribution in [0.4, 0.5) is 4.39 Å². The van der Waals surface area contributed by atoms with E-state index < -0.39 is 5.60 Å². The maximum Gasteiger partial charge on any atom is 0.246 e.